The van der Waals surface area contributed by atoms with Crippen LogP contribution in [0.25, 0.3) is 0 Å². The van der Waals surface area contributed by atoms with Crippen LogP contribution in [0.4, 0.5) is 18.9 Å². The molecular weight excluding hydrogens is 354 g/mol. The van der Waals surface area contributed by atoms with Crippen molar-refractivity contribution in [2.24, 2.45) is 0 Å². The fourth-order valence-corrected chi connectivity index (χ4v) is 2.30. The zero-order valence-electron chi connectivity index (χ0n) is 10.7. The molecular formula is C13H15F3IN. The Morgan fingerprint density at radius 1 is 1.17 bits per heavy atom. The van der Waals surface area contributed by atoms with E-state index >= 15 is 0 Å². The molecule has 0 atom stereocenters. The standard InChI is InChI=1S/C13H15F3N.HI/c1-8-12(2,3)10-7-9(13(14,15)16)5-6-11(10)17(8)4;/h5-7H,1-4H3;1H/q+1;/p-1. The van der Waals surface area contributed by atoms with Crippen molar-refractivity contribution in [2.45, 2.75) is 32.4 Å². The van der Waals surface area contributed by atoms with E-state index in [9.17, 15) is 13.2 Å². The molecule has 5 heteroatoms. The number of halogens is 4. The minimum absolute atomic E-state index is 0. The van der Waals surface area contributed by atoms with Gasteiger partial charge in [-0.25, -0.2) is 4.58 Å². The molecule has 1 aliphatic heterocycles. The minimum atomic E-state index is -4.28. The van der Waals surface area contributed by atoms with Gasteiger partial charge in [0.1, 0.15) is 7.05 Å². The van der Waals surface area contributed by atoms with Gasteiger partial charge in [0.25, 0.3) is 0 Å². The van der Waals surface area contributed by atoms with E-state index in [-0.39, 0.29) is 29.4 Å². The summed E-state index contributed by atoms with van der Waals surface area (Å²) in [6, 6.07) is 3.96. The Morgan fingerprint density at radius 2 is 1.72 bits per heavy atom. The number of hydrogen-bond acceptors (Lipinski definition) is 0. The van der Waals surface area contributed by atoms with Crippen LogP contribution in [0.3, 0.4) is 0 Å². The Labute approximate surface area is 122 Å². The van der Waals surface area contributed by atoms with E-state index in [0.29, 0.717) is 0 Å². The summed E-state index contributed by atoms with van der Waals surface area (Å²) in [5.41, 5.74) is 1.75. The third-order valence-corrected chi connectivity index (χ3v) is 3.77. The van der Waals surface area contributed by atoms with Crippen LogP contribution >= 0.6 is 0 Å². The molecule has 1 heterocycles. The fraction of sp³-hybridized carbons (Fsp3) is 0.462. The van der Waals surface area contributed by atoms with Gasteiger partial charge in [-0.3, -0.25) is 0 Å². The number of alkyl halides is 3. The van der Waals surface area contributed by atoms with Crippen LogP contribution in [-0.4, -0.2) is 17.3 Å². The summed E-state index contributed by atoms with van der Waals surface area (Å²) in [6.07, 6.45) is -4.28. The lowest BCUT2D eigenvalue weighted by Crippen LogP contribution is -3.00. The van der Waals surface area contributed by atoms with Crippen molar-refractivity contribution < 1.29 is 41.7 Å². The zero-order chi connectivity index (χ0) is 13.0. The molecule has 1 aromatic carbocycles. The zero-order valence-corrected chi connectivity index (χ0v) is 12.8. The lowest BCUT2D eigenvalue weighted by Gasteiger charge is -2.16. The van der Waals surface area contributed by atoms with Crippen molar-refractivity contribution in [3.05, 3.63) is 29.3 Å². The highest BCUT2D eigenvalue weighted by Gasteiger charge is 2.43. The molecule has 0 spiro atoms. The van der Waals surface area contributed by atoms with E-state index in [1.54, 1.807) is 6.07 Å². The van der Waals surface area contributed by atoms with Crippen molar-refractivity contribution in [1.82, 2.24) is 0 Å². The highest BCUT2D eigenvalue weighted by Crippen LogP contribution is 2.41. The Kier molecular flexibility index (Phi) is 3.87. The maximum absolute atomic E-state index is 12.7. The van der Waals surface area contributed by atoms with Crippen LogP contribution in [0, 0.1) is 0 Å². The Morgan fingerprint density at radius 3 is 2.22 bits per heavy atom. The van der Waals surface area contributed by atoms with Crippen molar-refractivity contribution in [2.75, 3.05) is 7.05 Å². The minimum Gasteiger partial charge on any atom is -1.00 e. The van der Waals surface area contributed by atoms with Gasteiger partial charge in [0.2, 0.25) is 5.69 Å². The monoisotopic (exact) mass is 369 g/mol. The van der Waals surface area contributed by atoms with Crippen LogP contribution in [0.2, 0.25) is 0 Å². The number of benzene rings is 1. The van der Waals surface area contributed by atoms with Crippen LogP contribution in [0.1, 0.15) is 31.9 Å². The van der Waals surface area contributed by atoms with Gasteiger partial charge in [0.05, 0.1) is 11.0 Å². The van der Waals surface area contributed by atoms with Crippen molar-refractivity contribution >= 4 is 11.4 Å². The van der Waals surface area contributed by atoms with Crippen LogP contribution in [0.15, 0.2) is 18.2 Å². The summed E-state index contributed by atoms with van der Waals surface area (Å²) in [4.78, 5) is 0. The molecule has 100 valence electrons. The maximum Gasteiger partial charge on any atom is 0.416 e. The molecule has 1 nitrogen and oxygen atoms in total. The second-order valence-electron chi connectivity index (χ2n) is 5.00. The van der Waals surface area contributed by atoms with Gasteiger partial charge in [-0.15, -0.1) is 0 Å². The number of rotatable bonds is 0. The first-order valence-electron chi connectivity index (χ1n) is 5.45. The molecule has 0 unspecified atom stereocenters. The van der Waals surface area contributed by atoms with E-state index in [1.807, 2.05) is 32.4 Å². The third kappa shape index (κ3) is 2.17. The summed E-state index contributed by atoms with van der Waals surface area (Å²) < 4.78 is 40.0. The van der Waals surface area contributed by atoms with Crippen LogP contribution in [0.5, 0.6) is 0 Å². The first-order valence-corrected chi connectivity index (χ1v) is 5.45. The Balaban J connectivity index is 0.00000162. The smallest absolute Gasteiger partial charge is 0.416 e. The molecule has 0 fully saturated rings. The summed E-state index contributed by atoms with van der Waals surface area (Å²) >= 11 is 0. The predicted molar refractivity (Wildman–Crippen MR) is 61.0 cm³/mol. The summed E-state index contributed by atoms with van der Waals surface area (Å²) in [6.45, 7) is 5.85. The molecule has 0 amide bonds. The number of fused-ring (bicyclic) bond motifs is 1. The van der Waals surface area contributed by atoms with Gasteiger partial charge in [-0.05, 0) is 26.0 Å². The molecule has 0 bridgehead atoms. The second kappa shape index (κ2) is 4.51. The molecule has 2 rings (SSSR count). The SMILES string of the molecule is CC1=[N+](C)c2ccc(C(F)(F)F)cc2C1(C)C.[I-]. The Hall–Kier alpha value is -0.590. The molecule has 18 heavy (non-hydrogen) atoms. The first kappa shape index (κ1) is 15.5. The molecule has 0 saturated carbocycles. The van der Waals surface area contributed by atoms with E-state index in [0.717, 1.165) is 23.0 Å². The fourth-order valence-electron chi connectivity index (χ4n) is 2.30. The topological polar surface area (TPSA) is 3.01 Å². The molecule has 0 radical (unpaired) electrons. The van der Waals surface area contributed by atoms with Gasteiger partial charge < -0.3 is 24.0 Å². The molecule has 0 aliphatic carbocycles. The van der Waals surface area contributed by atoms with Crippen LogP contribution in [-0.2, 0) is 11.6 Å². The van der Waals surface area contributed by atoms with Gasteiger partial charge in [0.15, 0.2) is 5.71 Å². The largest absolute Gasteiger partial charge is 1.00 e. The molecule has 0 N–H and O–H groups in total. The van der Waals surface area contributed by atoms with Crippen molar-refractivity contribution in [3.8, 4) is 0 Å². The number of nitrogens with zero attached hydrogens (tertiary/aromatic N) is 1. The third-order valence-electron chi connectivity index (χ3n) is 3.77. The molecule has 0 aromatic heterocycles. The highest BCUT2D eigenvalue weighted by atomic mass is 127. The lowest BCUT2D eigenvalue weighted by atomic mass is 9.81. The summed E-state index contributed by atoms with van der Waals surface area (Å²) in [7, 11) is 1.89. The summed E-state index contributed by atoms with van der Waals surface area (Å²) in [5.74, 6) is 0. The van der Waals surface area contributed by atoms with E-state index in [4.69, 9.17) is 0 Å². The second-order valence-corrected chi connectivity index (χ2v) is 5.00. The van der Waals surface area contributed by atoms with Gasteiger partial charge >= 0.3 is 6.18 Å². The lowest BCUT2D eigenvalue weighted by molar-refractivity contribution is -0.403. The average Bonchev–Trinajstić information content (AvgIpc) is 2.39. The molecule has 0 saturated heterocycles. The van der Waals surface area contributed by atoms with E-state index in [2.05, 4.69) is 0 Å². The predicted octanol–water partition coefficient (Wildman–Crippen LogP) is 0.735. The molecule has 1 aliphatic rings. The molecule has 1 aromatic rings. The first-order chi connectivity index (χ1) is 7.65. The Bertz CT molecular complexity index is 515. The number of hydrogen-bond donors (Lipinski definition) is 0. The highest BCUT2D eigenvalue weighted by molar-refractivity contribution is 5.93. The average molecular weight is 369 g/mol. The van der Waals surface area contributed by atoms with E-state index < -0.39 is 11.7 Å². The normalized spacial score (nSPS) is 17.5. The van der Waals surface area contributed by atoms with Crippen molar-refractivity contribution in [1.29, 1.82) is 0 Å². The quantitative estimate of drug-likeness (QED) is 0.469. The van der Waals surface area contributed by atoms with Gasteiger partial charge in [-0.2, -0.15) is 13.2 Å². The van der Waals surface area contributed by atoms with Crippen LogP contribution < -0.4 is 24.0 Å². The van der Waals surface area contributed by atoms with Crippen molar-refractivity contribution in [3.63, 3.8) is 0 Å². The summed E-state index contributed by atoms with van der Waals surface area (Å²) in [5, 5.41) is 0. The van der Waals surface area contributed by atoms with Gasteiger partial charge in [0, 0.05) is 18.6 Å². The maximum atomic E-state index is 12.7. The van der Waals surface area contributed by atoms with E-state index in [1.165, 1.54) is 6.07 Å². The van der Waals surface area contributed by atoms with Gasteiger partial charge in [-0.1, -0.05) is 0 Å².